The third-order valence-corrected chi connectivity index (χ3v) is 4.07. The lowest BCUT2D eigenvalue weighted by atomic mass is 10.1. The average molecular weight is 284 g/mol. The number of thiophene rings is 1. The Hall–Kier alpha value is -0.770. The quantitative estimate of drug-likeness (QED) is 0.830. The van der Waals surface area contributed by atoms with Crippen molar-refractivity contribution in [2.24, 2.45) is 5.92 Å². The van der Waals surface area contributed by atoms with E-state index in [1.54, 1.807) is 17.6 Å². The first-order valence-corrected chi connectivity index (χ1v) is 7.38. The van der Waals surface area contributed by atoms with Crippen molar-refractivity contribution in [3.8, 4) is 0 Å². The van der Waals surface area contributed by atoms with E-state index >= 15 is 0 Å². The molecular weight excluding hydrogens is 266 g/mol. The highest BCUT2D eigenvalue weighted by Gasteiger charge is 2.18. The average Bonchev–Trinajstić information content (AvgIpc) is 2.95. The maximum atomic E-state index is 6.01. The standard InChI is InChI=1S/C14H18ClNOS/c1-10(2)7-8-16-14(11-4-3-9-17-11)12-5-6-13(15)18-12/h3-6,9-10,14,16H,7-8H2,1-2H3. The Labute approximate surface area is 117 Å². The van der Waals surface area contributed by atoms with Crippen LogP contribution in [0.2, 0.25) is 4.34 Å². The molecule has 2 heterocycles. The highest BCUT2D eigenvalue weighted by atomic mass is 35.5. The third kappa shape index (κ3) is 3.61. The molecule has 0 fully saturated rings. The lowest BCUT2D eigenvalue weighted by molar-refractivity contribution is 0.434. The lowest BCUT2D eigenvalue weighted by Crippen LogP contribution is -2.23. The highest BCUT2D eigenvalue weighted by Crippen LogP contribution is 2.31. The molecule has 0 bridgehead atoms. The number of hydrogen-bond acceptors (Lipinski definition) is 3. The van der Waals surface area contributed by atoms with Crippen LogP contribution < -0.4 is 5.32 Å². The predicted octanol–water partition coefficient (Wildman–Crippen LogP) is 4.72. The minimum Gasteiger partial charge on any atom is -0.467 e. The first kappa shape index (κ1) is 13.7. The van der Waals surface area contributed by atoms with Crippen molar-refractivity contribution in [1.82, 2.24) is 5.32 Å². The van der Waals surface area contributed by atoms with E-state index in [1.165, 1.54) is 4.88 Å². The second-order valence-corrected chi connectivity index (χ2v) is 6.47. The van der Waals surface area contributed by atoms with E-state index in [0.717, 1.165) is 23.1 Å². The van der Waals surface area contributed by atoms with Crippen molar-refractivity contribution in [2.75, 3.05) is 6.54 Å². The molecular formula is C14H18ClNOS. The molecule has 1 N–H and O–H groups in total. The van der Waals surface area contributed by atoms with Crippen LogP contribution in [-0.4, -0.2) is 6.54 Å². The fourth-order valence-electron chi connectivity index (χ4n) is 1.80. The third-order valence-electron chi connectivity index (χ3n) is 2.78. The van der Waals surface area contributed by atoms with Gasteiger partial charge in [-0.2, -0.15) is 0 Å². The molecule has 0 aliphatic rings. The van der Waals surface area contributed by atoms with Gasteiger partial charge in [0.25, 0.3) is 0 Å². The van der Waals surface area contributed by atoms with Gasteiger partial charge < -0.3 is 9.73 Å². The van der Waals surface area contributed by atoms with Crippen molar-refractivity contribution >= 4 is 22.9 Å². The summed E-state index contributed by atoms with van der Waals surface area (Å²) in [5.74, 6) is 1.64. The number of halogens is 1. The summed E-state index contributed by atoms with van der Waals surface area (Å²) < 4.78 is 6.33. The van der Waals surface area contributed by atoms with Crippen LogP contribution in [0.5, 0.6) is 0 Å². The minimum atomic E-state index is 0.108. The fraction of sp³-hybridized carbons (Fsp3) is 0.429. The zero-order valence-corrected chi connectivity index (χ0v) is 12.2. The van der Waals surface area contributed by atoms with Crippen molar-refractivity contribution in [2.45, 2.75) is 26.3 Å². The van der Waals surface area contributed by atoms with Crippen LogP contribution in [0.3, 0.4) is 0 Å². The van der Waals surface area contributed by atoms with Gasteiger partial charge in [-0.3, -0.25) is 0 Å². The van der Waals surface area contributed by atoms with Gasteiger partial charge in [-0.15, -0.1) is 11.3 Å². The Balaban J connectivity index is 2.09. The molecule has 0 aliphatic carbocycles. The topological polar surface area (TPSA) is 25.2 Å². The van der Waals surface area contributed by atoms with Gasteiger partial charge in [0.05, 0.1) is 10.6 Å². The van der Waals surface area contributed by atoms with Crippen LogP contribution in [0.15, 0.2) is 34.9 Å². The minimum absolute atomic E-state index is 0.108. The van der Waals surface area contributed by atoms with Crippen molar-refractivity contribution in [3.63, 3.8) is 0 Å². The lowest BCUT2D eigenvalue weighted by Gasteiger charge is -2.16. The molecule has 2 aromatic heterocycles. The van der Waals surface area contributed by atoms with Gasteiger partial charge in [-0.25, -0.2) is 0 Å². The highest BCUT2D eigenvalue weighted by molar-refractivity contribution is 7.16. The van der Waals surface area contributed by atoms with Crippen LogP contribution in [0.25, 0.3) is 0 Å². The molecule has 2 rings (SSSR count). The van der Waals surface area contributed by atoms with Crippen LogP contribution in [0, 0.1) is 5.92 Å². The molecule has 4 heteroatoms. The molecule has 2 aromatic rings. The molecule has 98 valence electrons. The second-order valence-electron chi connectivity index (χ2n) is 4.73. The molecule has 0 saturated carbocycles. The van der Waals surface area contributed by atoms with Gasteiger partial charge in [-0.05, 0) is 43.1 Å². The van der Waals surface area contributed by atoms with Gasteiger partial charge in [-0.1, -0.05) is 25.4 Å². The molecule has 0 saturated heterocycles. The molecule has 0 spiro atoms. The first-order chi connectivity index (χ1) is 8.66. The normalized spacial score (nSPS) is 13.1. The van der Waals surface area contributed by atoms with Gasteiger partial charge in [0.1, 0.15) is 11.8 Å². The summed E-state index contributed by atoms with van der Waals surface area (Å²) in [6.07, 6.45) is 2.86. The van der Waals surface area contributed by atoms with E-state index in [9.17, 15) is 0 Å². The number of hydrogen-bond donors (Lipinski definition) is 1. The van der Waals surface area contributed by atoms with Gasteiger partial charge in [0.2, 0.25) is 0 Å². The molecule has 1 atom stereocenters. The van der Waals surface area contributed by atoms with E-state index in [1.807, 2.05) is 18.2 Å². The molecule has 0 aliphatic heterocycles. The van der Waals surface area contributed by atoms with Crippen molar-refractivity contribution in [3.05, 3.63) is 45.5 Å². The number of rotatable bonds is 6. The van der Waals surface area contributed by atoms with E-state index < -0.39 is 0 Å². The van der Waals surface area contributed by atoms with Gasteiger partial charge in [0.15, 0.2) is 0 Å². The largest absolute Gasteiger partial charge is 0.467 e. The monoisotopic (exact) mass is 283 g/mol. The molecule has 0 radical (unpaired) electrons. The number of furan rings is 1. The Morgan fingerprint density at radius 3 is 2.72 bits per heavy atom. The van der Waals surface area contributed by atoms with Crippen LogP contribution >= 0.6 is 22.9 Å². The fourth-order valence-corrected chi connectivity index (χ4v) is 2.94. The first-order valence-electron chi connectivity index (χ1n) is 6.19. The van der Waals surface area contributed by atoms with Gasteiger partial charge in [0, 0.05) is 4.88 Å². The molecule has 2 nitrogen and oxygen atoms in total. The van der Waals surface area contributed by atoms with Crippen LogP contribution in [0.4, 0.5) is 0 Å². The zero-order valence-electron chi connectivity index (χ0n) is 10.7. The molecule has 1 unspecified atom stereocenters. The summed E-state index contributed by atoms with van der Waals surface area (Å²) in [7, 11) is 0. The van der Waals surface area contributed by atoms with E-state index in [2.05, 4.69) is 25.2 Å². The Bertz CT molecular complexity index is 464. The van der Waals surface area contributed by atoms with Crippen molar-refractivity contribution in [1.29, 1.82) is 0 Å². The summed E-state index contributed by atoms with van der Waals surface area (Å²) in [6, 6.07) is 8.02. The summed E-state index contributed by atoms with van der Waals surface area (Å²) in [6.45, 7) is 5.43. The number of nitrogens with one attached hydrogen (secondary N) is 1. The summed E-state index contributed by atoms with van der Waals surface area (Å²) >= 11 is 7.61. The smallest absolute Gasteiger partial charge is 0.126 e. The molecule has 0 amide bonds. The Kier molecular flexibility index (Phi) is 4.87. The SMILES string of the molecule is CC(C)CCNC(c1ccco1)c1ccc(Cl)s1. The predicted molar refractivity (Wildman–Crippen MR) is 77.3 cm³/mol. The summed E-state index contributed by atoms with van der Waals surface area (Å²) in [4.78, 5) is 1.19. The Morgan fingerprint density at radius 2 is 2.17 bits per heavy atom. The maximum Gasteiger partial charge on any atom is 0.126 e. The van der Waals surface area contributed by atoms with Gasteiger partial charge >= 0.3 is 0 Å². The Morgan fingerprint density at radius 1 is 1.33 bits per heavy atom. The van der Waals surface area contributed by atoms with Crippen LogP contribution in [-0.2, 0) is 0 Å². The summed E-state index contributed by atoms with van der Waals surface area (Å²) in [5.41, 5.74) is 0. The molecule has 0 aromatic carbocycles. The van der Waals surface area contributed by atoms with E-state index in [0.29, 0.717) is 5.92 Å². The van der Waals surface area contributed by atoms with E-state index in [-0.39, 0.29) is 6.04 Å². The maximum absolute atomic E-state index is 6.01. The van der Waals surface area contributed by atoms with Crippen molar-refractivity contribution < 1.29 is 4.42 Å². The second kappa shape index (κ2) is 6.41. The van der Waals surface area contributed by atoms with Crippen LogP contribution in [0.1, 0.15) is 36.9 Å². The summed E-state index contributed by atoms with van der Waals surface area (Å²) in [5, 5.41) is 3.54. The van der Waals surface area contributed by atoms with E-state index in [4.69, 9.17) is 16.0 Å². The zero-order chi connectivity index (χ0) is 13.0. The molecule has 18 heavy (non-hydrogen) atoms.